The summed E-state index contributed by atoms with van der Waals surface area (Å²) in [7, 11) is 0. The third-order valence-electron chi connectivity index (χ3n) is 11.8. The van der Waals surface area contributed by atoms with Crippen LogP contribution in [-0.4, -0.2) is 106 Å². The van der Waals surface area contributed by atoms with Crippen molar-refractivity contribution in [2.45, 2.75) is 92.8 Å². The lowest BCUT2D eigenvalue weighted by Crippen LogP contribution is -2.70. The third-order valence-corrected chi connectivity index (χ3v) is 11.8. The highest BCUT2D eigenvalue weighted by molar-refractivity contribution is 6.29. The predicted octanol–water partition coefficient (Wildman–Crippen LogP) is 0.243. The zero-order valence-corrected chi connectivity index (χ0v) is 28.6. The van der Waals surface area contributed by atoms with Crippen molar-refractivity contribution in [1.82, 2.24) is 16.0 Å². The van der Waals surface area contributed by atoms with Crippen molar-refractivity contribution >= 4 is 23.2 Å². The average molecular weight is 728 g/mol. The second-order valence-electron chi connectivity index (χ2n) is 14.7. The first-order chi connectivity index (χ1) is 25.6. The van der Waals surface area contributed by atoms with Crippen LogP contribution in [-0.2, 0) is 14.3 Å². The number of nitrogens with two attached hydrogens (primary N) is 1. The number of aromatic hydroxyl groups is 1. The molecule has 2 bridgehead atoms. The third kappa shape index (κ3) is 5.29. The SMILES string of the molecule is NC1NC(=O)C2NCN(c3ccccc3C3CCOC4(CCCC4)C4OC(Oc5c3cc3c(c5O)C(=O)c5ccccc5C3=O)C(O)C(O)C4O)C2N1. The van der Waals surface area contributed by atoms with Gasteiger partial charge in [-0.05, 0) is 37.0 Å². The molecule has 9 unspecified atom stereocenters. The van der Waals surface area contributed by atoms with Gasteiger partial charge in [-0.3, -0.25) is 30.8 Å². The van der Waals surface area contributed by atoms with Crippen LogP contribution in [0.5, 0.6) is 11.5 Å². The van der Waals surface area contributed by atoms with Gasteiger partial charge in [-0.1, -0.05) is 55.3 Å². The summed E-state index contributed by atoms with van der Waals surface area (Å²) in [6.45, 7) is 0.408. The molecule has 4 fully saturated rings. The standard InChI is InChI=1S/C38H41N5O10/c39-37-41-34-25(35(50)42-37)40-16-43(34)23-10-4-3-7-18(23)17-11-14-51-38(12-5-6-13-38)33-30(48)29(47)31(49)36(53-33)52-32-21(17)15-22-24(28(32)46)27(45)20-9-2-1-8-19(20)26(22)44/h1-4,7-10,15,17,25,29-31,33-34,36-37,40-41,46-49H,5-6,11-14,16,39H2,(H,42,50). The van der Waals surface area contributed by atoms with Crippen molar-refractivity contribution in [2.24, 2.45) is 5.73 Å². The number of anilines is 1. The number of para-hydroxylation sites is 1. The van der Waals surface area contributed by atoms with E-state index in [-0.39, 0.29) is 53.6 Å². The van der Waals surface area contributed by atoms with E-state index in [1.54, 1.807) is 24.3 Å². The molecule has 1 spiro atoms. The maximum Gasteiger partial charge on any atom is 0.242 e. The van der Waals surface area contributed by atoms with Gasteiger partial charge in [0.1, 0.15) is 42.9 Å². The Morgan fingerprint density at radius 2 is 1.58 bits per heavy atom. The Morgan fingerprint density at radius 1 is 0.868 bits per heavy atom. The maximum absolute atomic E-state index is 14.1. The van der Waals surface area contributed by atoms with E-state index in [4.69, 9.17) is 19.9 Å². The Balaban J connectivity index is 1.24. The largest absolute Gasteiger partial charge is 0.504 e. The molecule has 15 heteroatoms. The molecule has 0 aromatic heterocycles. The number of fused-ring (bicyclic) bond motifs is 7. The van der Waals surface area contributed by atoms with Crippen LogP contribution in [0, 0.1) is 0 Å². The van der Waals surface area contributed by atoms with Crippen LogP contribution in [0.4, 0.5) is 5.69 Å². The van der Waals surface area contributed by atoms with E-state index in [9.17, 15) is 34.8 Å². The van der Waals surface area contributed by atoms with E-state index in [1.807, 2.05) is 29.2 Å². The predicted molar refractivity (Wildman–Crippen MR) is 186 cm³/mol. The molecule has 1 saturated carbocycles. The van der Waals surface area contributed by atoms with Gasteiger partial charge in [-0.2, -0.15) is 0 Å². The van der Waals surface area contributed by atoms with Crippen LogP contribution in [0.3, 0.4) is 0 Å². The molecule has 278 valence electrons. The highest BCUT2D eigenvalue weighted by Gasteiger charge is 2.56. The highest BCUT2D eigenvalue weighted by atomic mass is 16.7. The lowest BCUT2D eigenvalue weighted by atomic mass is 9.79. The quantitative estimate of drug-likeness (QED) is 0.139. The van der Waals surface area contributed by atoms with Crippen molar-refractivity contribution in [3.8, 4) is 11.5 Å². The lowest BCUT2D eigenvalue weighted by molar-refractivity contribution is -0.309. The first kappa shape index (κ1) is 34.3. The first-order valence-corrected chi connectivity index (χ1v) is 18.1. The summed E-state index contributed by atoms with van der Waals surface area (Å²) in [4.78, 5) is 43.0. The second-order valence-corrected chi connectivity index (χ2v) is 14.7. The van der Waals surface area contributed by atoms with E-state index in [0.717, 1.165) is 18.4 Å². The number of hydrogen-bond acceptors (Lipinski definition) is 14. The van der Waals surface area contributed by atoms with Gasteiger partial charge >= 0.3 is 0 Å². The van der Waals surface area contributed by atoms with Crippen LogP contribution in [0.25, 0.3) is 0 Å². The Hall–Kier alpha value is -4.45. The number of nitrogens with one attached hydrogen (secondary N) is 3. The van der Waals surface area contributed by atoms with Crippen molar-refractivity contribution < 1.29 is 49.0 Å². The van der Waals surface area contributed by atoms with Gasteiger partial charge in [0.05, 0.1) is 17.8 Å². The molecule has 3 saturated heterocycles. The van der Waals surface area contributed by atoms with Crippen LogP contribution < -0.4 is 31.3 Å². The molecule has 6 aliphatic rings. The number of phenols is 1. The monoisotopic (exact) mass is 727 g/mol. The molecular formula is C38H41N5O10. The van der Waals surface area contributed by atoms with Crippen molar-refractivity contribution in [3.63, 3.8) is 0 Å². The number of ketones is 2. The van der Waals surface area contributed by atoms with E-state index < -0.39 is 78.0 Å². The lowest BCUT2D eigenvalue weighted by Gasteiger charge is -2.47. The molecule has 15 nitrogen and oxygen atoms in total. The molecular weight excluding hydrogens is 686 g/mol. The summed E-state index contributed by atoms with van der Waals surface area (Å²) in [5.74, 6) is -2.79. The molecule has 9 N–H and O–H groups in total. The summed E-state index contributed by atoms with van der Waals surface area (Å²) in [5, 5.41) is 55.0. The maximum atomic E-state index is 14.1. The molecule has 2 aliphatic carbocycles. The number of nitrogens with zero attached hydrogens (tertiary/aromatic N) is 1. The summed E-state index contributed by atoms with van der Waals surface area (Å²) < 4.78 is 19.4. The molecule has 9 rings (SSSR count). The highest BCUT2D eigenvalue weighted by Crippen LogP contribution is 2.50. The number of phenolic OH excluding ortho intramolecular Hbond substituents is 1. The minimum atomic E-state index is -1.76. The van der Waals surface area contributed by atoms with Gasteiger partial charge in [-0.25, -0.2) is 0 Å². The molecule has 3 aromatic carbocycles. The van der Waals surface area contributed by atoms with Gasteiger partial charge < -0.3 is 44.9 Å². The number of carbonyl (C=O) groups excluding carboxylic acids is 3. The Labute approximate surface area is 304 Å². The fraction of sp³-hybridized carbons (Fsp3) is 0.447. The number of amides is 1. The number of hydrogen-bond donors (Lipinski definition) is 8. The van der Waals surface area contributed by atoms with Crippen LogP contribution in [0.15, 0.2) is 54.6 Å². The van der Waals surface area contributed by atoms with Gasteiger partial charge in [0.25, 0.3) is 0 Å². The summed E-state index contributed by atoms with van der Waals surface area (Å²) >= 11 is 0. The minimum Gasteiger partial charge on any atom is -0.504 e. The normalized spacial score (nSPS) is 33.2. The van der Waals surface area contributed by atoms with Crippen LogP contribution in [0.1, 0.15) is 81.0 Å². The fourth-order valence-corrected chi connectivity index (χ4v) is 9.22. The number of aliphatic hydroxyl groups is 3. The Bertz CT molecular complexity index is 2000. The van der Waals surface area contributed by atoms with Gasteiger partial charge in [0.15, 0.2) is 23.1 Å². The molecule has 4 heterocycles. The number of carbonyl (C=O) groups is 3. The summed E-state index contributed by atoms with van der Waals surface area (Å²) in [5.41, 5.74) is 6.93. The number of rotatable bonds is 2. The van der Waals surface area contributed by atoms with E-state index in [2.05, 4.69) is 16.0 Å². The van der Waals surface area contributed by atoms with E-state index in [1.165, 1.54) is 6.07 Å². The number of aliphatic hydroxyl groups excluding tert-OH is 3. The smallest absolute Gasteiger partial charge is 0.242 e. The van der Waals surface area contributed by atoms with Crippen molar-refractivity contribution in [1.29, 1.82) is 0 Å². The summed E-state index contributed by atoms with van der Waals surface area (Å²) in [6.07, 6.45) is -6.05. The van der Waals surface area contributed by atoms with Crippen LogP contribution in [0.2, 0.25) is 0 Å². The van der Waals surface area contributed by atoms with E-state index in [0.29, 0.717) is 24.1 Å². The van der Waals surface area contributed by atoms with E-state index >= 15 is 0 Å². The molecule has 3 aromatic rings. The number of ether oxygens (including phenoxy) is 3. The Kier molecular flexibility index (Phi) is 8.32. The second kappa shape index (κ2) is 12.8. The molecule has 53 heavy (non-hydrogen) atoms. The van der Waals surface area contributed by atoms with Crippen LogP contribution >= 0.6 is 0 Å². The van der Waals surface area contributed by atoms with Gasteiger partial charge in [0.2, 0.25) is 12.2 Å². The fourth-order valence-electron chi connectivity index (χ4n) is 9.22. The molecule has 9 atom stereocenters. The van der Waals surface area contributed by atoms with Gasteiger partial charge in [-0.15, -0.1) is 0 Å². The average Bonchev–Trinajstić information content (AvgIpc) is 3.81. The molecule has 0 radical (unpaired) electrons. The van der Waals surface area contributed by atoms with Crippen molar-refractivity contribution in [2.75, 3.05) is 18.2 Å². The molecule has 4 aliphatic heterocycles. The first-order valence-electron chi connectivity index (χ1n) is 18.1. The minimum absolute atomic E-state index is 0.0166. The molecule has 1 amide bonds. The zero-order chi connectivity index (χ0) is 36.8. The van der Waals surface area contributed by atoms with Gasteiger partial charge in [0, 0.05) is 40.5 Å². The van der Waals surface area contributed by atoms with Crippen molar-refractivity contribution in [3.05, 3.63) is 88.0 Å². The number of benzene rings is 3. The zero-order valence-electron chi connectivity index (χ0n) is 28.6. The topological polar surface area (TPSA) is 225 Å². The summed E-state index contributed by atoms with van der Waals surface area (Å²) in [6, 6.07) is 14.9. The Morgan fingerprint density at radius 3 is 2.36 bits per heavy atom.